The number of rotatable bonds is 1. The molecule has 1 heterocycles. The van der Waals surface area contributed by atoms with Gasteiger partial charge in [-0.15, -0.1) is 0 Å². The maximum Gasteiger partial charge on any atom is 0.411 e. The average molecular weight is 231 g/mol. The molecular weight excluding hydrogens is 214 g/mol. The molecule has 0 aromatic heterocycles. The topological polar surface area (TPSA) is 40.5 Å². The lowest BCUT2D eigenvalue weighted by Crippen LogP contribution is -2.34. The molecule has 2 rings (SSSR count). The summed E-state index contributed by atoms with van der Waals surface area (Å²) in [7, 11) is 0. The predicted molar refractivity (Wildman–Crippen MR) is 67.7 cm³/mol. The molecule has 3 nitrogen and oxygen atoms in total. The lowest BCUT2D eigenvalue weighted by Gasteiger charge is -2.30. The molecule has 90 valence electrons. The van der Waals surface area contributed by atoms with E-state index in [9.17, 15) is 9.90 Å². The van der Waals surface area contributed by atoms with Crippen LogP contribution in [-0.4, -0.2) is 22.6 Å². The van der Waals surface area contributed by atoms with E-state index >= 15 is 0 Å². The van der Waals surface area contributed by atoms with Gasteiger partial charge >= 0.3 is 6.09 Å². The van der Waals surface area contributed by atoms with Gasteiger partial charge in [0.05, 0.1) is 5.70 Å². The largest absolute Gasteiger partial charge is 0.465 e. The van der Waals surface area contributed by atoms with Crippen LogP contribution in [0.1, 0.15) is 24.5 Å². The van der Waals surface area contributed by atoms with Gasteiger partial charge in [0, 0.05) is 6.54 Å². The zero-order valence-corrected chi connectivity index (χ0v) is 10.2. The number of carbonyl (C=O) groups is 1. The Bertz CT molecular complexity index is 448. The number of carboxylic acid groups (broad SMARTS) is 1. The summed E-state index contributed by atoms with van der Waals surface area (Å²) in [5.41, 5.74) is 2.97. The van der Waals surface area contributed by atoms with Crippen LogP contribution < -0.4 is 0 Å². The number of benzene rings is 1. The van der Waals surface area contributed by atoms with Crippen LogP contribution in [-0.2, 0) is 0 Å². The van der Waals surface area contributed by atoms with E-state index in [-0.39, 0.29) is 0 Å². The van der Waals surface area contributed by atoms with Crippen molar-refractivity contribution in [2.24, 2.45) is 5.92 Å². The Morgan fingerprint density at radius 1 is 1.35 bits per heavy atom. The molecular formula is C14H17NO2. The van der Waals surface area contributed by atoms with E-state index in [0.717, 1.165) is 17.7 Å². The van der Waals surface area contributed by atoms with Crippen molar-refractivity contribution in [3.8, 4) is 0 Å². The van der Waals surface area contributed by atoms with Crippen LogP contribution in [0.15, 0.2) is 30.3 Å². The standard InChI is InChI=1S/C14H17NO2/c1-10-3-6-12(7-4-10)13-8-5-11(2)9-15(13)14(16)17/h3-4,6-8,11H,5,9H2,1-2H3,(H,16,17)/t11-/m0/s1. The van der Waals surface area contributed by atoms with Crippen molar-refractivity contribution in [3.05, 3.63) is 41.5 Å². The SMILES string of the molecule is Cc1ccc(C2=CC[C@H](C)CN2C(=O)O)cc1. The summed E-state index contributed by atoms with van der Waals surface area (Å²) >= 11 is 0. The second-order valence-electron chi connectivity index (χ2n) is 4.69. The summed E-state index contributed by atoms with van der Waals surface area (Å²) in [5, 5.41) is 9.23. The van der Waals surface area contributed by atoms with Crippen molar-refractivity contribution < 1.29 is 9.90 Å². The van der Waals surface area contributed by atoms with Crippen LogP contribution in [0.25, 0.3) is 5.70 Å². The minimum atomic E-state index is -0.872. The van der Waals surface area contributed by atoms with E-state index in [1.165, 1.54) is 10.5 Å². The number of amides is 1. The third-order valence-electron chi connectivity index (χ3n) is 3.08. The third kappa shape index (κ3) is 2.49. The number of aryl methyl sites for hydroxylation is 1. The Balaban J connectivity index is 2.35. The Kier molecular flexibility index (Phi) is 3.18. The zero-order valence-electron chi connectivity index (χ0n) is 10.2. The molecule has 0 aliphatic carbocycles. The highest BCUT2D eigenvalue weighted by Crippen LogP contribution is 2.27. The van der Waals surface area contributed by atoms with Crippen molar-refractivity contribution in [2.45, 2.75) is 20.3 Å². The van der Waals surface area contributed by atoms with Crippen molar-refractivity contribution in [3.63, 3.8) is 0 Å². The first-order valence-corrected chi connectivity index (χ1v) is 5.85. The third-order valence-corrected chi connectivity index (χ3v) is 3.08. The summed E-state index contributed by atoms with van der Waals surface area (Å²) in [4.78, 5) is 12.7. The number of nitrogens with zero attached hydrogens (tertiary/aromatic N) is 1. The number of hydrogen-bond donors (Lipinski definition) is 1. The van der Waals surface area contributed by atoms with E-state index in [1.807, 2.05) is 37.3 Å². The first-order valence-electron chi connectivity index (χ1n) is 5.85. The molecule has 3 heteroatoms. The molecule has 1 atom stereocenters. The van der Waals surface area contributed by atoms with Crippen molar-refractivity contribution >= 4 is 11.8 Å². The highest BCUT2D eigenvalue weighted by atomic mass is 16.4. The summed E-state index contributed by atoms with van der Waals surface area (Å²) in [6, 6.07) is 7.97. The highest BCUT2D eigenvalue weighted by molar-refractivity contribution is 5.81. The quantitative estimate of drug-likeness (QED) is 0.805. The molecule has 1 aromatic carbocycles. The van der Waals surface area contributed by atoms with Crippen LogP contribution >= 0.6 is 0 Å². The maximum absolute atomic E-state index is 11.2. The molecule has 17 heavy (non-hydrogen) atoms. The molecule has 0 radical (unpaired) electrons. The van der Waals surface area contributed by atoms with E-state index in [2.05, 4.69) is 6.92 Å². The molecule has 0 fully saturated rings. The van der Waals surface area contributed by atoms with Gasteiger partial charge in [0.15, 0.2) is 0 Å². The van der Waals surface area contributed by atoms with E-state index in [0.29, 0.717) is 12.5 Å². The summed E-state index contributed by atoms with van der Waals surface area (Å²) in [6.07, 6.45) is 2.09. The zero-order chi connectivity index (χ0) is 12.4. The Morgan fingerprint density at radius 2 is 2.00 bits per heavy atom. The molecule has 0 saturated heterocycles. The fourth-order valence-corrected chi connectivity index (χ4v) is 2.09. The smallest absolute Gasteiger partial charge is 0.411 e. The Morgan fingerprint density at radius 3 is 2.59 bits per heavy atom. The van der Waals surface area contributed by atoms with Crippen molar-refractivity contribution in [2.75, 3.05) is 6.54 Å². The van der Waals surface area contributed by atoms with Crippen molar-refractivity contribution in [1.82, 2.24) is 4.90 Å². The first-order chi connectivity index (χ1) is 8.08. The highest BCUT2D eigenvalue weighted by Gasteiger charge is 2.24. The van der Waals surface area contributed by atoms with Gasteiger partial charge in [-0.3, -0.25) is 4.90 Å². The average Bonchev–Trinajstić information content (AvgIpc) is 2.30. The summed E-state index contributed by atoms with van der Waals surface area (Å²) in [5.74, 6) is 0.389. The van der Waals surface area contributed by atoms with Crippen molar-refractivity contribution in [1.29, 1.82) is 0 Å². The lowest BCUT2D eigenvalue weighted by molar-refractivity contribution is 0.159. The van der Waals surface area contributed by atoms with Crippen LogP contribution in [0.3, 0.4) is 0 Å². The second kappa shape index (κ2) is 4.62. The van der Waals surface area contributed by atoms with Gasteiger partial charge in [-0.2, -0.15) is 0 Å². The van der Waals surface area contributed by atoms with Gasteiger partial charge in [-0.25, -0.2) is 4.79 Å². The van der Waals surface area contributed by atoms with Gasteiger partial charge in [0.25, 0.3) is 0 Å². The fraction of sp³-hybridized carbons (Fsp3) is 0.357. The maximum atomic E-state index is 11.2. The molecule has 1 aliphatic heterocycles. The van der Waals surface area contributed by atoms with Crippen LogP contribution in [0.4, 0.5) is 4.79 Å². The van der Waals surface area contributed by atoms with E-state index < -0.39 is 6.09 Å². The van der Waals surface area contributed by atoms with Gasteiger partial charge in [-0.05, 0) is 24.8 Å². The molecule has 0 unspecified atom stereocenters. The van der Waals surface area contributed by atoms with E-state index in [4.69, 9.17) is 0 Å². The van der Waals surface area contributed by atoms with Gasteiger partial charge in [0.1, 0.15) is 0 Å². The summed E-state index contributed by atoms with van der Waals surface area (Å²) in [6.45, 7) is 4.67. The van der Waals surface area contributed by atoms with Crippen LogP contribution in [0.2, 0.25) is 0 Å². The molecule has 1 amide bonds. The molecule has 1 N–H and O–H groups in total. The van der Waals surface area contributed by atoms with Crippen LogP contribution in [0.5, 0.6) is 0 Å². The monoisotopic (exact) mass is 231 g/mol. The Hall–Kier alpha value is -1.77. The van der Waals surface area contributed by atoms with Crippen LogP contribution in [0, 0.1) is 12.8 Å². The summed E-state index contributed by atoms with van der Waals surface area (Å²) < 4.78 is 0. The number of hydrogen-bond acceptors (Lipinski definition) is 1. The van der Waals surface area contributed by atoms with E-state index in [1.54, 1.807) is 0 Å². The molecule has 0 spiro atoms. The van der Waals surface area contributed by atoms with Gasteiger partial charge in [-0.1, -0.05) is 42.8 Å². The lowest BCUT2D eigenvalue weighted by atomic mass is 9.98. The van der Waals surface area contributed by atoms with Gasteiger partial charge in [0.2, 0.25) is 0 Å². The molecule has 1 aromatic rings. The minimum Gasteiger partial charge on any atom is -0.465 e. The molecule has 0 saturated carbocycles. The normalized spacial score (nSPS) is 20.0. The second-order valence-corrected chi connectivity index (χ2v) is 4.69. The predicted octanol–water partition coefficient (Wildman–Crippen LogP) is 3.36. The Labute approximate surface area is 101 Å². The first kappa shape index (κ1) is 11.7. The number of allylic oxidation sites excluding steroid dienone is 1. The molecule has 1 aliphatic rings. The van der Waals surface area contributed by atoms with Gasteiger partial charge < -0.3 is 5.11 Å². The fourth-order valence-electron chi connectivity index (χ4n) is 2.09. The minimum absolute atomic E-state index is 0.389. The molecule has 0 bridgehead atoms.